The lowest BCUT2D eigenvalue weighted by Gasteiger charge is -2.32. The molecule has 0 spiro atoms. The van der Waals surface area contributed by atoms with Gasteiger partial charge in [-0.05, 0) is 96.5 Å². The van der Waals surface area contributed by atoms with Crippen molar-refractivity contribution in [2.24, 2.45) is 35.0 Å². The SMILES string of the molecule is CC(C)C[C@H](NC(=O)[C@H](CCCN)NC(=O)[C@@H](N)C(C)C)C(=O)N[C@@H](Cc1ccc(O)cc1)C(=O)N1CCC(C)[C@H]1C(=O)N[C@@H](Cc1ccccc1)C(=O)N[C@@H](Cc1ccccc1)C(=O)N[C@@H](CC(N)=O)C(=O)N[C@@H](CC(=O)O)C(=O)N[C@@H](Cc1ccc(O)cc1)C(=O)O. The van der Waals surface area contributed by atoms with Crippen molar-refractivity contribution in [3.8, 4) is 11.5 Å². The summed E-state index contributed by atoms with van der Waals surface area (Å²) >= 11 is 0. The van der Waals surface area contributed by atoms with E-state index in [-0.39, 0.29) is 81.4 Å². The van der Waals surface area contributed by atoms with E-state index in [9.17, 15) is 68.4 Å². The Kier molecular flexibility index (Phi) is 28.9. The zero-order chi connectivity index (χ0) is 69.3. The molecule has 1 aliphatic heterocycles. The van der Waals surface area contributed by atoms with Gasteiger partial charge in [0.15, 0.2) is 0 Å². The van der Waals surface area contributed by atoms with Crippen LogP contribution in [0.4, 0.5) is 0 Å². The molecule has 1 saturated heterocycles. The Morgan fingerprint density at radius 2 is 0.894 bits per heavy atom. The van der Waals surface area contributed by atoms with Crippen LogP contribution >= 0.6 is 0 Å². The first-order chi connectivity index (χ1) is 44.5. The van der Waals surface area contributed by atoms with Gasteiger partial charge in [0.1, 0.15) is 65.9 Å². The maximum atomic E-state index is 15.2. The van der Waals surface area contributed by atoms with E-state index in [1.807, 2.05) is 13.8 Å². The molecule has 4 aromatic rings. The first kappa shape index (κ1) is 74.8. The van der Waals surface area contributed by atoms with Crippen LogP contribution in [0.2, 0.25) is 0 Å². The van der Waals surface area contributed by atoms with Crippen LogP contribution in [0, 0.1) is 17.8 Å². The molecule has 5 rings (SSSR count). The summed E-state index contributed by atoms with van der Waals surface area (Å²) < 4.78 is 0. The lowest BCUT2D eigenvalue weighted by Crippen LogP contribution is -2.61. The van der Waals surface area contributed by atoms with E-state index in [1.54, 1.807) is 93.6 Å². The first-order valence-electron chi connectivity index (χ1n) is 31.1. The number of phenols is 2. The lowest BCUT2D eigenvalue weighted by atomic mass is 9.98. The van der Waals surface area contributed by atoms with E-state index in [4.69, 9.17) is 17.2 Å². The minimum atomic E-state index is -1.98. The summed E-state index contributed by atoms with van der Waals surface area (Å²) in [5.41, 5.74) is 19.3. The van der Waals surface area contributed by atoms with Crippen molar-refractivity contribution in [1.82, 2.24) is 47.4 Å². The molecule has 28 nitrogen and oxygen atoms in total. The Balaban J connectivity index is 1.44. The van der Waals surface area contributed by atoms with Gasteiger partial charge in [-0.2, -0.15) is 0 Å². The zero-order valence-corrected chi connectivity index (χ0v) is 53.3. The second-order valence-electron chi connectivity index (χ2n) is 24.3. The van der Waals surface area contributed by atoms with Crippen LogP contribution in [0.3, 0.4) is 0 Å². The number of likely N-dealkylation sites (tertiary alicyclic amines) is 1. The van der Waals surface area contributed by atoms with Crippen LogP contribution in [0.25, 0.3) is 0 Å². The summed E-state index contributed by atoms with van der Waals surface area (Å²) in [6.07, 6.45) is -2.13. The van der Waals surface area contributed by atoms with Crippen molar-refractivity contribution >= 4 is 71.0 Å². The highest BCUT2D eigenvalue weighted by molar-refractivity contribution is 6.00. The summed E-state index contributed by atoms with van der Waals surface area (Å²) in [6, 6.07) is 13.3. The van der Waals surface area contributed by atoms with Gasteiger partial charge in [-0.25, -0.2) is 4.79 Å². The fourth-order valence-corrected chi connectivity index (χ4v) is 10.6. The van der Waals surface area contributed by atoms with Crippen molar-refractivity contribution in [3.05, 3.63) is 131 Å². The third kappa shape index (κ3) is 23.6. The molecule has 1 heterocycles. The second-order valence-corrected chi connectivity index (χ2v) is 24.3. The number of aromatic hydroxyl groups is 2. The van der Waals surface area contributed by atoms with Gasteiger partial charge in [-0.3, -0.25) is 52.7 Å². The average Bonchev–Trinajstić information content (AvgIpc) is 1.61. The number of nitrogens with zero attached hydrogens (tertiary/aromatic N) is 1. The Bertz CT molecular complexity index is 3270. The van der Waals surface area contributed by atoms with Gasteiger partial charge in [0, 0.05) is 32.2 Å². The number of rotatable bonds is 36. The molecule has 0 radical (unpaired) electrons. The number of aliphatic carboxylic acids is 2. The first-order valence-corrected chi connectivity index (χ1v) is 31.1. The molecule has 10 amide bonds. The molecule has 11 atom stereocenters. The molecule has 1 aliphatic rings. The van der Waals surface area contributed by atoms with Gasteiger partial charge in [0.2, 0.25) is 59.1 Å². The summed E-state index contributed by atoms with van der Waals surface area (Å²) in [7, 11) is 0. The van der Waals surface area contributed by atoms with Gasteiger partial charge in [0.05, 0.1) is 18.9 Å². The number of phenolic OH excluding ortho intramolecular Hbond substituents is 2. The number of carbonyl (C=O) groups is 12. The molecular formula is C66H88N12O16. The molecule has 28 heteroatoms. The van der Waals surface area contributed by atoms with E-state index in [1.165, 1.54) is 41.3 Å². The third-order valence-corrected chi connectivity index (χ3v) is 15.8. The normalized spacial score (nSPS) is 16.5. The van der Waals surface area contributed by atoms with Crippen LogP contribution in [-0.2, 0) is 83.2 Å². The minimum Gasteiger partial charge on any atom is -0.508 e. The monoisotopic (exact) mass is 1300 g/mol. The number of carboxylic acids is 2. The molecule has 18 N–H and O–H groups in total. The summed E-state index contributed by atoms with van der Waals surface area (Å²) in [4.78, 5) is 167. The largest absolute Gasteiger partial charge is 0.508 e. The molecular weight excluding hydrogens is 1220 g/mol. The minimum absolute atomic E-state index is 0.00768. The molecule has 0 saturated carbocycles. The highest BCUT2D eigenvalue weighted by Gasteiger charge is 2.44. The summed E-state index contributed by atoms with van der Waals surface area (Å²) in [5.74, 6) is -13.6. The number of nitrogens with two attached hydrogens (primary N) is 3. The lowest BCUT2D eigenvalue weighted by molar-refractivity contribution is -0.144. The molecule has 0 bridgehead atoms. The van der Waals surface area contributed by atoms with Crippen molar-refractivity contribution in [1.29, 1.82) is 0 Å². The number of hydrogen-bond donors (Lipinski definition) is 15. The fraction of sp³-hybridized carbons (Fsp3) is 0.455. The van der Waals surface area contributed by atoms with Crippen LogP contribution in [0.1, 0.15) is 95.4 Å². The van der Waals surface area contributed by atoms with Gasteiger partial charge in [-0.1, -0.05) is 120 Å². The Hall–Kier alpha value is -9.96. The predicted molar refractivity (Wildman–Crippen MR) is 343 cm³/mol. The maximum absolute atomic E-state index is 15.2. The smallest absolute Gasteiger partial charge is 0.326 e. The van der Waals surface area contributed by atoms with E-state index in [0.29, 0.717) is 28.7 Å². The Morgan fingerprint density at radius 1 is 0.500 bits per heavy atom. The molecule has 508 valence electrons. The summed E-state index contributed by atoms with van der Waals surface area (Å²) in [5, 5.41) is 60.1. The highest BCUT2D eigenvalue weighted by Crippen LogP contribution is 2.27. The van der Waals surface area contributed by atoms with E-state index < -0.39 is 150 Å². The Labute approximate surface area is 544 Å². The number of nitrogens with one attached hydrogen (secondary N) is 8. The zero-order valence-electron chi connectivity index (χ0n) is 53.3. The Morgan fingerprint density at radius 3 is 1.36 bits per heavy atom. The second kappa shape index (κ2) is 36.3. The van der Waals surface area contributed by atoms with Crippen LogP contribution in [0.15, 0.2) is 109 Å². The predicted octanol–water partition coefficient (Wildman–Crippen LogP) is -0.313. The fourth-order valence-electron chi connectivity index (χ4n) is 10.6. The third-order valence-electron chi connectivity index (χ3n) is 15.8. The average molecular weight is 1310 g/mol. The van der Waals surface area contributed by atoms with Crippen LogP contribution in [-0.4, -0.2) is 170 Å². The number of primary amides is 1. The summed E-state index contributed by atoms with van der Waals surface area (Å²) in [6.45, 7) is 9.07. The van der Waals surface area contributed by atoms with Crippen molar-refractivity contribution in [3.63, 3.8) is 0 Å². The maximum Gasteiger partial charge on any atom is 0.326 e. The van der Waals surface area contributed by atoms with Crippen molar-refractivity contribution < 1.29 is 78.0 Å². The van der Waals surface area contributed by atoms with E-state index in [2.05, 4.69) is 42.5 Å². The number of carbonyl (C=O) groups excluding carboxylic acids is 10. The van der Waals surface area contributed by atoms with Gasteiger partial charge in [-0.15, -0.1) is 0 Å². The molecule has 4 aromatic carbocycles. The van der Waals surface area contributed by atoms with Crippen molar-refractivity contribution in [2.45, 2.75) is 159 Å². The molecule has 94 heavy (non-hydrogen) atoms. The molecule has 1 unspecified atom stereocenters. The number of amides is 10. The van der Waals surface area contributed by atoms with E-state index in [0.717, 1.165) is 0 Å². The van der Waals surface area contributed by atoms with Crippen LogP contribution < -0.4 is 59.7 Å². The van der Waals surface area contributed by atoms with E-state index >= 15 is 9.59 Å². The quantitative estimate of drug-likeness (QED) is 0.0278. The number of hydrogen-bond acceptors (Lipinski definition) is 16. The molecule has 0 aromatic heterocycles. The molecule has 0 aliphatic carbocycles. The molecule has 1 fully saturated rings. The van der Waals surface area contributed by atoms with Gasteiger partial charge in [0.25, 0.3) is 0 Å². The standard InChI is InChI=1S/C66H88N12O16/c1-36(2)29-46(71-57(84)45(17-12-27-67)70-63(90)55(69)37(3)4)58(85)76-51(32-41-18-22-43(79)23-19-41)65(92)78-28-26-38(5)56(78)64(91)75-48(31-40-15-10-7-11-16-40)60(87)72-47(30-39-13-8-6-9-14-39)59(86)73-49(34-53(68)81)61(88)74-50(35-54(82)83)62(89)77-52(66(93)94)33-42-20-24-44(80)25-21-42/h6-11,13-16,18-25,36-38,45-52,55-56,79-80H,12,17,26-35,67,69H2,1-5H3,(H2,68,81)(H,70,90)(H,71,84)(H,72,87)(H,73,86)(H,74,88)(H,75,91)(H,76,85)(H,77,89)(H,82,83)(H,93,94)/t38?,45-,46-,47-,48-,49-,50-,51-,52-,55-,56-/m0/s1. The van der Waals surface area contributed by atoms with Crippen molar-refractivity contribution in [2.75, 3.05) is 13.1 Å². The topological polar surface area (TPSA) is 463 Å². The van der Waals surface area contributed by atoms with Crippen LogP contribution in [0.5, 0.6) is 11.5 Å². The van der Waals surface area contributed by atoms with Gasteiger partial charge >= 0.3 is 11.9 Å². The van der Waals surface area contributed by atoms with Gasteiger partial charge < -0.3 is 85.1 Å². The number of benzene rings is 4. The number of carboxylic acid groups (broad SMARTS) is 2. The highest BCUT2D eigenvalue weighted by atomic mass is 16.4.